The first-order valence-electron chi connectivity index (χ1n) is 8.55. The average Bonchev–Trinajstić information content (AvgIpc) is 2.69. The third kappa shape index (κ3) is 5.12. The summed E-state index contributed by atoms with van der Waals surface area (Å²) in [6, 6.07) is 12.7. The Kier molecular flexibility index (Phi) is 6.84. The van der Waals surface area contributed by atoms with Crippen LogP contribution in [0.4, 0.5) is 0 Å². The van der Waals surface area contributed by atoms with Crippen molar-refractivity contribution in [2.24, 2.45) is 0 Å². The molecule has 0 bridgehead atoms. The van der Waals surface area contributed by atoms with Crippen molar-refractivity contribution in [3.05, 3.63) is 81.3 Å². The van der Waals surface area contributed by atoms with Gasteiger partial charge in [0.25, 0.3) is 11.8 Å². The van der Waals surface area contributed by atoms with Crippen molar-refractivity contribution in [2.45, 2.75) is 6.61 Å². The molecule has 0 spiro atoms. The van der Waals surface area contributed by atoms with E-state index in [1.54, 1.807) is 30.3 Å². The Morgan fingerprint density at radius 2 is 1.93 bits per heavy atom. The Bertz CT molecular complexity index is 1020. The molecule has 0 radical (unpaired) electrons. The minimum absolute atomic E-state index is 0.0325. The number of hydrogen-bond acceptors (Lipinski definition) is 4. The van der Waals surface area contributed by atoms with E-state index in [1.807, 2.05) is 18.2 Å². The van der Waals surface area contributed by atoms with Crippen LogP contribution in [0.1, 0.15) is 11.1 Å². The lowest BCUT2D eigenvalue weighted by Gasteiger charge is -2.27. The maximum absolute atomic E-state index is 12.7. The van der Waals surface area contributed by atoms with Gasteiger partial charge in [0.2, 0.25) is 0 Å². The van der Waals surface area contributed by atoms with Gasteiger partial charge in [-0.1, -0.05) is 45.7 Å². The van der Waals surface area contributed by atoms with Crippen LogP contribution in [-0.4, -0.2) is 28.4 Å². The van der Waals surface area contributed by atoms with Crippen molar-refractivity contribution in [3.63, 3.8) is 0 Å². The van der Waals surface area contributed by atoms with Crippen LogP contribution >= 0.6 is 39.7 Å². The number of halogens is 2. The molecule has 0 unspecified atom stereocenters. The minimum atomic E-state index is -0.552. The predicted molar refractivity (Wildman–Crippen MR) is 121 cm³/mol. The molecule has 1 fully saturated rings. The Labute approximate surface area is 187 Å². The van der Waals surface area contributed by atoms with Crippen LogP contribution in [0, 0.1) is 0 Å². The van der Waals surface area contributed by atoms with Gasteiger partial charge in [-0.25, -0.2) is 0 Å². The van der Waals surface area contributed by atoms with Gasteiger partial charge in [-0.3, -0.25) is 19.8 Å². The molecule has 2 aromatic rings. The van der Waals surface area contributed by atoms with Crippen molar-refractivity contribution in [2.75, 3.05) is 6.54 Å². The van der Waals surface area contributed by atoms with E-state index in [0.717, 1.165) is 10.0 Å². The van der Waals surface area contributed by atoms with Gasteiger partial charge >= 0.3 is 0 Å². The summed E-state index contributed by atoms with van der Waals surface area (Å²) in [6.07, 6.45) is 3.04. The van der Waals surface area contributed by atoms with E-state index >= 15 is 0 Å². The van der Waals surface area contributed by atoms with Gasteiger partial charge in [0.1, 0.15) is 17.9 Å². The number of ether oxygens (including phenoxy) is 1. The average molecular weight is 492 g/mol. The highest BCUT2D eigenvalue weighted by Gasteiger charge is 2.32. The summed E-state index contributed by atoms with van der Waals surface area (Å²) in [7, 11) is 0. The van der Waals surface area contributed by atoms with Crippen LogP contribution in [0.25, 0.3) is 6.08 Å². The molecule has 29 heavy (non-hydrogen) atoms. The van der Waals surface area contributed by atoms with E-state index in [0.29, 0.717) is 22.9 Å². The molecule has 0 aromatic heterocycles. The Morgan fingerprint density at radius 3 is 2.62 bits per heavy atom. The van der Waals surface area contributed by atoms with E-state index < -0.39 is 11.8 Å². The smallest absolute Gasteiger partial charge is 0.265 e. The van der Waals surface area contributed by atoms with Crippen molar-refractivity contribution in [1.29, 1.82) is 0 Å². The summed E-state index contributed by atoms with van der Waals surface area (Å²) < 4.78 is 6.70. The summed E-state index contributed by atoms with van der Waals surface area (Å²) in [4.78, 5) is 26.4. The first-order chi connectivity index (χ1) is 13.9. The highest BCUT2D eigenvalue weighted by molar-refractivity contribution is 9.10. The van der Waals surface area contributed by atoms with Gasteiger partial charge in [-0.15, -0.1) is 6.58 Å². The number of thiocarbonyl (C=S) groups is 1. The molecule has 8 heteroatoms. The quantitative estimate of drug-likeness (QED) is 0.280. The van der Waals surface area contributed by atoms with Gasteiger partial charge in [0, 0.05) is 21.6 Å². The SMILES string of the molecule is C=CCN1C(=O)/C(=C/c2cc(Br)ccc2OCc2ccc(Cl)cc2)C(=O)NC1=S. The summed E-state index contributed by atoms with van der Waals surface area (Å²) in [6.45, 7) is 4.13. The van der Waals surface area contributed by atoms with Crippen LogP contribution in [0.5, 0.6) is 5.75 Å². The lowest BCUT2D eigenvalue weighted by Crippen LogP contribution is -2.53. The zero-order valence-corrected chi connectivity index (χ0v) is 18.3. The molecular weight excluding hydrogens is 476 g/mol. The molecule has 5 nitrogen and oxygen atoms in total. The Balaban J connectivity index is 1.90. The summed E-state index contributed by atoms with van der Waals surface area (Å²) >= 11 is 14.4. The van der Waals surface area contributed by atoms with E-state index in [-0.39, 0.29) is 17.2 Å². The number of nitrogens with zero attached hydrogens (tertiary/aromatic N) is 1. The van der Waals surface area contributed by atoms with Gasteiger partial charge in [-0.2, -0.15) is 0 Å². The van der Waals surface area contributed by atoms with E-state index in [2.05, 4.69) is 27.8 Å². The lowest BCUT2D eigenvalue weighted by molar-refractivity contribution is -0.128. The van der Waals surface area contributed by atoms with Crippen LogP contribution in [0.2, 0.25) is 5.02 Å². The number of benzene rings is 2. The number of hydrogen-bond donors (Lipinski definition) is 1. The first kappa shape index (κ1) is 21.2. The van der Waals surface area contributed by atoms with Crippen LogP contribution in [-0.2, 0) is 16.2 Å². The molecule has 148 valence electrons. The number of carbonyl (C=O) groups is 2. The van der Waals surface area contributed by atoms with E-state index in [4.69, 9.17) is 28.6 Å². The molecule has 1 aliphatic heterocycles. The monoisotopic (exact) mass is 490 g/mol. The van der Waals surface area contributed by atoms with Crippen molar-refractivity contribution in [3.8, 4) is 5.75 Å². The van der Waals surface area contributed by atoms with Crippen molar-refractivity contribution < 1.29 is 14.3 Å². The fourth-order valence-electron chi connectivity index (χ4n) is 2.65. The van der Waals surface area contributed by atoms with Gasteiger partial charge in [0.05, 0.1) is 0 Å². The van der Waals surface area contributed by atoms with Crippen LogP contribution in [0.3, 0.4) is 0 Å². The first-order valence-corrected chi connectivity index (χ1v) is 10.1. The molecule has 0 saturated carbocycles. The molecular formula is C21H16BrClN2O3S. The number of amides is 2. The molecule has 1 aliphatic rings. The van der Waals surface area contributed by atoms with E-state index in [1.165, 1.54) is 11.0 Å². The number of carbonyl (C=O) groups excluding carboxylic acids is 2. The predicted octanol–water partition coefficient (Wildman–Crippen LogP) is 4.49. The highest BCUT2D eigenvalue weighted by atomic mass is 79.9. The third-order valence-corrected chi connectivity index (χ3v) is 5.14. The fourth-order valence-corrected chi connectivity index (χ4v) is 3.40. The Morgan fingerprint density at radius 1 is 1.21 bits per heavy atom. The molecule has 1 saturated heterocycles. The molecule has 0 aliphatic carbocycles. The van der Waals surface area contributed by atoms with Crippen LogP contribution in [0.15, 0.2) is 65.2 Å². The maximum atomic E-state index is 12.7. The second-order valence-corrected chi connectivity index (χ2v) is 7.86. The van der Waals surface area contributed by atoms with E-state index in [9.17, 15) is 9.59 Å². The second kappa shape index (κ2) is 9.35. The molecule has 2 aromatic carbocycles. The molecule has 1 N–H and O–H groups in total. The number of rotatable bonds is 6. The maximum Gasteiger partial charge on any atom is 0.265 e. The zero-order valence-electron chi connectivity index (χ0n) is 15.2. The van der Waals surface area contributed by atoms with Gasteiger partial charge in [-0.05, 0) is 54.2 Å². The topological polar surface area (TPSA) is 58.6 Å². The van der Waals surface area contributed by atoms with Crippen LogP contribution < -0.4 is 10.1 Å². The third-order valence-electron chi connectivity index (χ3n) is 4.08. The normalized spacial score (nSPS) is 15.4. The standard InChI is InChI=1S/C21H16BrClN2O3S/c1-2-9-25-20(27)17(19(26)24-21(25)29)11-14-10-15(22)5-8-18(14)28-12-13-3-6-16(23)7-4-13/h2-8,10-11H,1,9,12H2,(H,24,26,29)/b17-11+. The second-order valence-electron chi connectivity index (χ2n) is 6.12. The molecule has 0 atom stereocenters. The molecule has 3 rings (SSSR count). The number of nitrogens with one attached hydrogen (secondary N) is 1. The Hall–Kier alpha value is -2.48. The zero-order chi connectivity index (χ0) is 21.0. The van der Waals surface area contributed by atoms with Crippen molar-refractivity contribution in [1.82, 2.24) is 10.2 Å². The van der Waals surface area contributed by atoms with Crippen molar-refractivity contribution >= 4 is 62.8 Å². The summed E-state index contributed by atoms with van der Waals surface area (Å²) in [5, 5.41) is 3.23. The van der Waals surface area contributed by atoms with Gasteiger partial charge < -0.3 is 4.74 Å². The summed E-state index contributed by atoms with van der Waals surface area (Å²) in [5.41, 5.74) is 1.48. The summed E-state index contributed by atoms with van der Waals surface area (Å²) in [5.74, 6) is -0.508. The highest BCUT2D eigenvalue weighted by Crippen LogP contribution is 2.27. The molecule has 1 heterocycles. The van der Waals surface area contributed by atoms with Gasteiger partial charge in [0.15, 0.2) is 5.11 Å². The minimum Gasteiger partial charge on any atom is -0.488 e. The fraction of sp³-hybridized carbons (Fsp3) is 0.0952. The molecule has 2 amide bonds. The largest absolute Gasteiger partial charge is 0.488 e. The lowest BCUT2D eigenvalue weighted by atomic mass is 10.1.